The van der Waals surface area contributed by atoms with Gasteiger partial charge in [0, 0.05) is 17.6 Å². The molecule has 1 atom stereocenters. The molecule has 1 fully saturated rings. The minimum absolute atomic E-state index is 0.0492. The van der Waals surface area contributed by atoms with E-state index in [2.05, 4.69) is 21.2 Å². The zero-order chi connectivity index (χ0) is 21.2. The first-order chi connectivity index (χ1) is 13.7. The smallest absolute Gasteiger partial charge is 0.228 e. The number of nitrogens with one attached hydrogen (secondary N) is 1. The highest BCUT2D eigenvalue weighted by Crippen LogP contribution is 2.27. The minimum Gasteiger partial charge on any atom is -0.323 e. The van der Waals surface area contributed by atoms with E-state index in [9.17, 15) is 17.6 Å². The molecule has 1 aliphatic heterocycles. The third kappa shape index (κ3) is 5.70. The second-order valence-corrected chi connectivity index (χ2v) is 10.5. The topological polar surface area (TPSA) is 66.5 Å². The van der Waals surface area contributed by atoms with Crippen LogP contribution in [0.5, 0.6) is 0 Å². The van der Waals surface area contributed by atoms with Gasteiger partial charge >= 0.3 is 0 Å². The summed E-state index contributed by atoms with van der Waals surface area (Å²) < 4.78 is 41.5. The molecule has 0 saturated carbocycles. The second kappa shape index (κ2) is 9.31. The number of hydrogen-bond acceptors (Lipinski definition) is 3. The van der Waals surface area contributed by atoms with Crippen molar-refractivity contribution in [3.8, 4) is 0 Å². The number of piperidine rings is 1. The molecule has 1 N–H and O–H groups in total. The third-order valence-electron chi connectivity index (χ3n) is 4.67. The summed E-state index contributed by atoms with van der Waals surface area (Å²) in [5.74, 6) is -1.76. The maximum absolute atomic E-state index is 14.0. The van der Waals surface area contributed by atoms with E-state index < -0.39 is 27.7 Å². The molecule has 3 rings (SSSR count). The molecule has 10 heteroatoms. The number of rotatable bonds is 5. The van der Waals surface area contributed by atoms with E-state index in [0.29, 0.717) is 34.4 Å². The molecule has 5 nitrogen and oxygen atoms in total. The first kappa shape index (κ1) is 22.5. The van der Waals surface area contributed by atoms with E-state index >= 15 is 0 Å². The van der Waals surface area contributed by atoms with Crippen LogP contribution in [0.1, 0.15) is 18.4 Å². The molecule has 0 unspecified atom stereocenters. The van der Waals surface area contributed by atoms with E-state index in [-0.39, 0.29) is 23.0 Å². The quantitative estimate of drug-likeness (QED) is 0.594. The van der Waals surface area contributed by atoms with Gasteiger partial charge in [-0.15, -0.1) is 0 Å². The van der Waals surface area contributed by atoms with Crippen molar-refractivity contribution in [3.63, 3.8) is 0 Å². The molecule has 0 aliphatic carbocycles. The Hall–Kier alpha value is -1.19. The number of halogens is 4. The molecule has 0 aromatic heterocycles. The second-order valence-electron chi connectivity index (χ2n) is 6.82. The molecule has 1 heterocycles. The maximum atomic E-state index is 14.0. The fourth-order valence-electron chi connectivity index (χ4n) is 3.17. The zero-order valence-corrected chi connectivity index (χ0v) is 19.1. The number of carbonyl (C=O) groups excluding carboxylic acids is 1. The van der Waals surface area contributed by atoms with E-state index in [1.807, 2.05) is 0 Å². The van der Waals surface area contributed by atoms with Crippen LogP contribution in [-0.2, 0) is 20.6 Å². The first-order valence-electron chi connectivity index (χ1n) is 8.83. The lowest BCUT2D eigenvalue weighted by Gasteiger charge is -2.31. The standard InChI is InChI=1S/C19H18BrCl2FN2O3S/c20-14-4-6-18(17(23)9-14)24-19(26)13-2-1-7-25(10-13)29(27,28)11-12-3-5-15(21)16(22)8-12/h3-6,8-9,13H,1-2,7,10-11H2,(H,24,26)/t13-/m0/s1. The molecule has 2 aromatic rings. The summed E-state index contributed by atoms with van der Waals surface area (Å²) in [6.07, 6.45) is 1.07. The van der Waals surface area contributed by atoms with Crippen molar-refractivity contribution < 1.29 is 17.6 Å². The van der Waals surface area contributed by atoms with Crippen molar-refractivity contribution in [1.82, 2.24) is 4.31 Å². The van der Waals surface area contributed by atoms with Gasteiger partial charge in [0.2, 0.25) is 15.9 Å². The van der Waals surface area contributed by atoms with Gasteiger partial charge in [-0.1, -0.05) is 45.2 Å². The van der Waals surface area contributed by atoms with Gasteiger partial charge in [-0.05, 0) is 48.7 Å². The fraction of sp³-hybridized carbons (Fsp3) is 0.316. The normalized spacial score (nSPS) is 17.9. The van der Waals surface area contributed by atoms with Crippen LogP contribution in [0.4, 0.5) is 10.1 Å². The van der Waals surface area contributed by atoms with E-state index in [4.69, 9.17) is 23.2 Å². The van der Waals surface area contributed by atoms with Crippen LogP contribution < -0.4 is 5.32 Å². The van der Waals surface area contributed by atoms with Crippen LogP contribution in [0.25, 0.3) is 0 Å². The van der Waals surface area contributed by atoms with Crippen LogP contribution in [-0.4, -0.2) is 31.7 Å². The Morgan fingerprint density at radius 3 is 2.66 bits per heavy atom. The predicted octanol–water partition coefficient (Wildman–Crippen LogP) is 5.08. The fourth-order valence-corrected chi connectivity index (χ4v) is 5.42. The highest BCUT2D eigenvalue weighted by molar-refractivity contribution is 9.10. The monoisotopic (exact) mass is 522 g/mol. The van der Waals surface area contributed by atoms with Crippen molar-refractivity contribution in [3.05, 3.63) is 62.3 Å². The molecule has 0 radical (unpaired) electrons. The summed E-state index contributed by atoms with van der Waals surface area (Å²) in [5.41, 5.74) is 0.580. The van der Waals surface area contributed by atoms with Crippen LogP contribution in [0.15, 0.2) is 40.9 Å². The van der Waals surface area contributed by atoms with Crippen LogP contribution in [0, 0.1) is 11.7 Å². The molecular formula is C19H18BrCl2FN2O3S. The molecule has 1 aliphatic rings. The van der Waals surface area contributed by atoms with Gasteiger partial charge in [-0.2, -0.15) is 0 Å². The molecule has 1 amide bonds. The van der Waals surface area contributed by atoms with Crippen LogP contribution >= 0.6 is 39.1 Å². The van der Waals surface area contributed by atoms with Gasteiger partial charge in [0.15, 0.2) is 0 Å². The van der Waals surface area contributed by atoms with Gasteiger partial charge in [0.1, 0.15) is 5.82 Å². The SMILES string of the molecule is O=C(Nc1ccc(Br)cc1F)[C@H]1CCCN(S(=O)(=O)Cc2ccc(Cl)c(Cl)c2)C1. The molecule has 156 valence electrons. The number of carbonyl (C=O) groups is 1. The number of benzene rings is 2. The molecular weight excluding hydrogens is 506 g/mol. The van der Waals surface area contributed by atoms with Gasteiger partial charge in [0.25, 0.3) is 0 Å². The molecule has 0 spiro atoms. The average Bonchev–Trinajstić information content (AvgIpc) is 2.67. The Kier molecular flexibility index (Phi) is 7.22. The molecule has 0 bridgehead atoms. The van der Waals surface area contributed by atoms with Gasteiger partial charge < -0.3 is 5.32 Å². The molecule has 29 heavy (non-hydrogen) atoms. The lowest BCUT2D eigenvalue weighted by atomic mass is 9.98. The average molecular weight is 524 g/mol. The number of hydrogen-bond donors (Lipinski definition) is 1. The Balaban J connectivity index is 1.68. The van der Waals surface area contributed by atoms with Gasteiger partial charge in [0.05, 0.1) is 27.4 Å². The third-order valence-corrected chi connectivity index (χ3v) is 7.72. The van der Waals surface area contributed by atoms with E-state index in [1.165, 1.54) is 22.5 Å². The predicted molar refractivity (Wildman–Crippen MR) is 116 cm³/mol. The van der Waals surface area contributed by atoms with E-state index in [1.54, 1.807) is 18.2 Å². The largest absolute Gasteiger partial charge is 0.323 e. The van der Waals surface area contributed by atoms with Crippen LogP contribution in [0.2, 0.25) is 10.0 Å². The summed E-state index contributed by atoms with van der Waals surface area (Å²) in [6, 6.07) is 9.01. The van der Waals surface area contributed by atoms with Gasteiger partial charge in [-0.25, -0.2) is 17.1 Å². The van der Waals surface area contributed by atoms with Crippen molar-refractivity contribution in [2.75, 3.05) is 18.4 Å². The Morgan fingerprint density at radius 2 is 1.97 bits per heavy atom. The lowest BCUT2D eigenvalue weighted by Crippen LogP contribution is -2.44. The van der Waals surface area contributed by atoms with Crippen molar-refractivity contribution in [1.29, 1.82) is 0 Å². The van der Waals surface area contributed by atoms with Crippen molar-refractivity contribution in [2.24, 2.45) is 5.92 Å². The number of sulfonamides is 1. The summed E-state index contributed by atoms with van der Waals surface area (Å²) in [4.78, 5) is 12.6. The minimum atomic E-state index is -3.65. The zero-order valence-electron chi connectivity index (χ0n) is 15.2. The maximum Gasteiger partial charge on any atom is 0.228 e. The van der Waals surface area contributed by atoms with Crippen LogP contribution in [0.3, 0.4) is 0 Å². The number of amides is 1. The number of nitrogens with zero attached hydrogens (tertiary/aromatic N) is 1. The summed E-state index contributed by atoms with van der Waals surface area (Å²) in [5, 5.41) is 3.19. The summed E-state index contributed by atoms with van der Waals surface area (Å²) in [6.45, 7) is 0.383. The summed E-state index contributed by atoms with van der Waals surface area (Å²) >= 11 is 15.0. The molecule has 2 aromatic carbocycles. The summed E-state index contributed by atoms with van der Waals surface area (Å²) in [7, 11) is -3.65. The Labute approximate surface area is 187 Å². The lowest BCUT2D eigenvalue weighted by molar-refractivity contribution is -0.120. The van der Waals surface area contributed by atoms with E-state index in [0.717, 1.165) is 0 Å². The Morgan fingerprint density at radius 1 is 1.21 bits per heavy atom. The van der Waals surface area contributed by atoms with Gasteiger partial charge in [-0.3, -0.25) is 4.79 Å². The highest BCUT2D eigenvalue weighted by atomic mass is 79.9. The molecule has 1 saturated heterocycles. The van der Waals surface area contributed by atoms with Crippen molar-refractivity contribution in [2.45, 2.75) is 18.6 Å². The first-order valence-corrected chi connectivity index (χ1v) is 12.0. The van der Waals surface area contributed by atoms with Crippen molar-refractivity contribution >= 4 is 60.7 Å². The highest BCUT2D eigenvalue weighted by Gasteiger charge is 2.32. The Bertz CT molecular complexity index is 1040. The number of anilines is 1.